The van der Waals surface area contributed by atoms with E-state index in [9.17, 15) is 8.42 Å². The molecule has 2 aromatic carbocycles. The van der Waals surface area contributed by atoms with E-state index < -0.39 is 10.0 Å². The summed E-state index contributed by atoms with van der Waals surface area (Å²) in [7, 11) is -1.94. The molecule has 0 spiro atoms. The summed E-state index contributed by atoms with van der Waals surface area (Å²) in [5.74, 6) is 0.637. The number of pyridine rings is 1. The molecule has 29 heavy (non-hydrogen) atoms. The van der Waals surface area contributed by atoms with Crippen LogP contribution in [0.4, 0.5) is 0 Å². The van der Waals surface area contributed by atoms with Crippen LogP contribution < -0.4 is 4.74 Å². The topological polar surface area (TPSA) is 62.7 Å². The van der Waals surface area contributed by atoms with Crippen molar-refractivity contribution in [2.45, 2.75) is 11.4 Å². The summed E-state index contributed by atoms with van der Waals surface area (Å²) in [6.07, 6.45) is 1.77. The van der Waals surface area contributed by atoms with Crippen molar-refractivity contribution in [1.29, 1.82) is 0 Å². The number of hydrogen-bond acceptors (Lipinski definition) is 5. The standard InChI is InChI=1S/C21H22ClN3O3S/c1-28-17-5-7-18(8-6-17)29(26,27)25-13-11-24(12-14-25)15-16-4-9-20(22)19-3-2-10-23-21(16)19/h2-10H,11-15H2,1H3. The van der Waals surface area contributed by atoms with Gasteiger partial charge in [-0.3, -0.25) is 9.88 Å². The molecule has 0 N–H and O–H groups in total. The lowest BCUT2D eigenvalue weighted by atomic mass is 10.1. The highest BCUT2D eigenvalue weighted by Crippen LogP contribution is 2.26. The average molecular weight is 432 g/mol. The van der Waals surface area contributed by atoms with Crippen LogP contribution in [0.25, 0.3) is 10.9 Å². The Labute approximate surface area is 175 Å². The van der Waals surface area contributed by atoms with Gasteiger partial charge in [0.2, 0.25) is 10.0 Å². The van der Waals surface area contributed by atoms with Crippen LogP contribution in [0.5, 0.6) is 5.75 Å². The molecule has 152 valence electrons. The van der Waals surface area contributed by atoms with Gasteiger partial charge >= 0.3 is 0 Å². The summed E-state index contributed by atoms with van der Waals surface area (Å²) in [6.45, 7) is 2.93. The molecule has 1 aliphatic rings. The minimum atomic E-state index is -3.50. The number of rotatable bonds is 5. The number of piperazine rings is 1. The Bertz CT molecular complexity index is 1110. The van der Waals surface area contributed by atoms with Crippen LogP contribution in [-0.2, 0) is 16.6 Å². The summed E-state index contributed by atoms with van der Waals surface area (Å²) in [5.41, 5.74) is 1.99. The van der Waals surface area contributed by atoms with Gasteiger partial charge < -0.3 is 4.74 Å². The lowest BCUT2D eigenvalue weighted by Crippen LogP contribution is -2.48. The molecule has 1 aliphatic heterocycles. The SMILES string of the molecule is COc1ccc(S(=O)(=O)N2CCN(Cc3ccc(Cl)c4cccnc34)CC2)cc1. The predicted molar refractivity (Wildman–Crippen MR) is 114 cm³/mol. The van der Waals surface area contributed by atoms with Crippen LogP contribution in [0.3, 0.4) is 0 Å². The molecule has 1 fully saturated rings. The normalized spacial score (nSPS) is 16.2. The molecule has 8 heteroatoms. The minimum absolute atomic E-state index is 0.291. The summed E-state index contributed by atoms with van der Waals surface area (Å²) in [5, 5.41) is 1.62. The third-order valence-electron chi connectivity index (χ3n) is 5.22. The van der Waals surface area contributed by atoms with Gasteiger partial charge in [0.1, 0.15) is 5.75 Å². The first-order chi connectivity index (χ1) is 14.0. The zero-order valence-electron chi connectivity index (χ0n) is 16.1. The maximum absolute atomic E-state index is 12.9. The van der Waals surface area contributed by atoms with Crippen molar-refractivity contribution in [1.82, 2.24) is 14.2 Å². The molecule has 1 saturated heterocycles. The van der Waals surface area contributed by atoms with E-state index in [0.29, 0.717) is 48.4 Å². The monoisotopic (exact) mass is 431 g/mol. The molecule has 1 aromatic heterocycles. The molecule has 0 amide bonds. The zero-order valence-corrected chi connectivity index (χ0v) is 17.7. The summed E-state index contributed by atoms with van der Waals surface area (Å²) in [6, 6.07) is 14.2. The van der Waals surface area contributed by atoms with E-state index in [1.54, 1.807) is 41.9 Å². The van der Waals surface area contributed by atoms with Crippen LogP contribution in [-0.4, -0.2) is 55.9 Å². The van der Waals surface area contributed by atoms with Crippen molar-refractivity contribution < 1.29 is 13.2 Å². The fraction of sp³-hybridized carbons (Fsp3) is 0.286. The fourth-order valence-corrected chi connectivity index (χ4v) is 5.23. The van der Waals surface area contributed by atoms with Crippen LogP contribution in [0.15, 0.2) is 59.6 Å². The van der Waals surface area contributed by atoms with E-state index in [4.69, 9.17) is 16.3 Å². The number of halogens is 1. The second-order valence-electron chi connectivity index (χ2n) is 6.96. The Hall–Kier alpha value is -2.19. The first-order valence-corrected chi connectivity index (χ1v) is 11.2. The molecule has 0 saturated carbocycles. The molecule has 0 radical (unpaired) electrons. The molecule has 0 aliphatic carbocycles. The molecule has 3 aromatic rings. The van der Waals surface area contributed by atoms with Gasteiger partial charge in [0.25, 0.3) is 0 Å². The van der Waals surface area contributed by atoms with Gasteiger partial charge in [0.05, 0.1) is 17.5 Å². The first-order valence-electron chi connectivity index (χ1n) is 9.38. The molecular formula is C21H22ClN3O3S. The molecule has 0 bridgehead atoms. The van der Waals surface area contributed by atoms with Gasteiger partial charge in [-0.15, -0.1) is 0 Å². The Morgan fingerprint density at radius 2 is 1.76 bits per heavy atom. The van der Waals surface area contributed by atoms with Gasteiger partial charge in [-0.1, -0.05) is 17.7 Å². The first kappa shape index (κ1) is 20.1. The van der Waals surface area contributed by atoms with E-state index in [2.05, 4.69) is 9.88 Å². The lowest BCUT2D eigenvalue weighted by Gasteiger charge is -2.34. The summed E-state index contributed by atoms with van der Waals surface area (Å²) in [4.78, 5) is 7.03. The molecule has 0 atom stereocenters. The number of nitrogens with zero attached hydrogens (tertiary/aromatic N) is 3. The number of aromatic nitrogens is 1. The van der Waals surface area contributed by atoms with Gasteiger partial charge in [0.15, 0.2) is 0 Å². The Balaban J connectivity index is 1.45. The molecule has 4 rings (SSSR count). The van der Waals surface area contributed by atoms with E-state index in [0.717, 1.165) is 16.5 Å². The minimum Gasteiger partial charge on any atom is -0.497 e. The number of fused-ring (bicyclic) bond motifs is 1. The van der Waals surface area contributed by atoms with Crippen molar-refractivity contribution in [3.05, 3.63) is 65.3 Å². The lowest BCUT2D eigenvalue weighted by molar-refractivity contribution is 0.182. The zero-order chi connectivity index (χ0) is 20.4. The number of sulfonamides is 1. The highest BCUT2D eigenvalue weighted by molar-refractivity contribution is 7.89. The average Bonchev–Trinajstić information content (AvgIpc) is 2.76. The Morgan fingerprint density at radius 3 is 2.45 bits per heavy atom. The third kappa shape index (κ3) is 4.09. The van der Waals surface area contributed by atoms with Gasteiger partial charge in [-0.25, -0.2) is 8.42 Å². The van der Waals surface area contributed by atoms with Gasteiger partial charge in [-0.05, 0) is 48.0 Å². The van der Waals surface area contributed by atoms with Crippen molar-refractivity contribution in [3.63, 3.8) is 0 Å². The molecule has 2 heterocycles. The maximum Gasteiger partial charge on any atom is 0.243 e. The highest BCUT2D eigenvalue weighted by Gasteiger charge is 2.28. The van der Waals surface area contributed by atoms with E-state index in [1.165, 1.54) is 0 Å². The smallest absolute Gasteiger partial charge is 0.243 e. The Morgan fingerprint density at radius 1 is 1.03 bits per heavy atom. The van der Waals surface area contributed by atoms with Crippen molar-refractivity contribution in [2.75, 3.05) is 33.3 Å². The van der Waals surface area contributed by atoms with Gasteiger partial charge in [-0.2, -0.15) is 4.31 Å². The number of ether oxygens (including phenoxy) is 1. The molecule has 0 unspecified atom stereocenters. The van der Waals surface area contributed by atoms with Crippen LogP contribution in [0.2, 0.25) is 5.02 Å². The quantitative estimate of drug-likeness (QED) is 0.619. The largest absolute Gasteiger partial charge is 0.497 e. The van der Waals surface area contributed by atoms with Crippen molar-refractivity contribution in [2.24, 2.45) is 0 Å². The number of methoxy groups -OCH3 is 1. The van der Waals surface area contributed by atoms with Gasteiger partial charge in [0, 0.05) is 49.3 Å². The summed E-state index contributed by atoms with van der Waals surface area (Å²) >= 11 is 6.28. The fourth-order valence-electron chi connectivity index (χ4n) is 3.59. The molecule has 6 nitrogen and oxygen atoms in total. The molecular weight excluding hydrogens is 410 g/mol. The second-order valence-corrected chi connectivity index (χ2v) is 9.31. The van der Waals surface area contributed by atoms with E-state index in [1.807, 2.05) is 24.3 Å². The highest BCUT2D eigenvalue weighted by atomic mass is 35.5. The van der Waals surface area contributed by atoms with Crippen LogP contribution >= 0.6 is 11.6 Å². The summed E-state index contributed by atoms with van der Waals surface area (Å²) < 4.78 is 32.5. The van der Waals surface area contributed by atoms with Crippen molar-refractivity contribution in [3.8, 4) is 5.75 Å². The van der Waals surface area contributed by atoms with Crippen LogP contribution in [0.1, 0.15) is 5.56 Å². The number of benzene rings is 2. The predicted octanol–water partition coefficient (Wildman–Crippen LogP) is 3.40. The van der Waals surface area contributed by atoms with Crippen molar-refractivity contribution >= 4 is 32.5 Å². The third-order valence-corrected chi connectivity index (χ3v) is 7.46. The van der Waals surface area contributed by atoms with E-state index >= 15 is 0 Å². The van der Waals surface area contributed by atoms with Crippen LogP contribution in [0, 0.1) is 0 Å². The maximum atomic E-state index is 12.9. The Kier molecular flexibility index (Phi) is 5.74. The second kappa shape index (κ2) is 8.28. The number of hydrogen-bond donors (Lipinski definition) is 0. The van der Waals surface area contributed by atoms with E-state index in [-0.39, 0.29) is 0 Å².